The van der Waals surface area contributed by atoms with Crippen molar-refractivity contribution in [2.75, 3.05) is 0 Å². The number of aryl methyl sites for hydroxylation is 2. The molecule has 0 spiro atoms. The Bertz CT molecular complexity index is 1050. The Kier molecular flexibility index (Phi) is 4.06. The lowest BCUT2D eigenvalue weighted by Crippen LogP contribution is -2.03. The molecule has 0 atom stereocenters. The highest BCUT2D eigenvalue weighted by Crippen LogP contribution is 2.20. The molecule has 0 unspecified atom stereocenters. The van der Waals surface area contributed by atoms with Crippen LogP contribution in [0.2, 0.25) is 0 Å². The number of fused-ring (bicyclic) bond motifs is 2. The van der Waals surface area contributed by atoms with Crippen LogP contribution < -0.4 is 0 Å². The van der Waals surface area contributed by atoms with Gasteiger partial charge in [0.2, 0.25) is 5.95 Å². The Morgan fingerprint density at radius 1 is 0.960 bits per heavy atom. The largest absolute Gasteiger partial charge is 0.323 e. The first kappa shape index (κ1) is 15.6. The molecular formula is C20H21N5. The zero-order valence-electron chi connectivity index (χ0n) is 14.6. The van der Waals surface area contributed by atoms with E-state index < -0.39 is 0 Å². The van der Waals surface area contributed by atoms with Gasteiger partial charge in [-0.3, -0.25) is 0 Å². The Morgan fingerprint density at radius 3 is 2.36 bits per heavy atom. The predicted octanol–water partition coefficient (Wildman–Crippen LogP) is 4.47. The second kappa shape index (κ2) is 6.51. The molecule has 4 aromatic rings. The molecule has 4 rings (SSSR count). The zero-order chi connectivity index (χ0) is 17.2. The van der Waals surface area contributed by atoms with E-state index in [-0.39, 0.29) is 0 Å². The average molecular weight is 331 g/mol. The fourth-order valence-corrected chi connectivity index (χ4v) is 3.11. The molecule has 0 N–H and O–H groups in total. The second-order valence-electron chi connectivity index (χ2n) is 6.18. The smallest absolute Gasteiger partial charge is 0.230 e. The summed E-state index contributed by atoms with van der Waals surface area (Å²) in [7, 11) is 1.99. The topological polar surface area (TPSA) is 48.0 Å². The van der Waals surface area contributed by atoms with E-state index in [1.807, 2.05) is 48.2 Å². The van der Waals surface area contributed by atoms with Gasteiger partial charge in [0, 0.05) is 13.6 Å². The van der Waals surface area contributed by atoms with Crippen molar-refractivity contribution in [1.29, 1.82) is 0 Å². The molecule has 25 heavy (non-hydrogen) atoms. The lowest BCUT2D eigenvalue weighted by Gasteiger charge is -2.05. The van der Waals surface area contributed by atoms with E-state index in [0.717, 1.165) is 47.3 Å². The van der Waals surface area contributed by atoms with Gasteiger partial charge in [-0.15, -0.1) is 0 Å². The first-order valence-electron chi connectivity index (χ1n) is 8.68. The van der Waals surface area contributed by atoms with E-state index >= 15 is 0 Å². The van der Waals surface area contributed by atoms with Crippen LogP contribution in [0.5, 0.6) is 0 Å². The van der Waals surface area contributed by atoms with Crippen molar-refractivity contribution in [2.24, 2.45) is 12.0 Å². The molecular weight excluding hydrogens is 310 g/mol. The first-order chi connectivity index (χ1) is 12.3. The van der Waals surface area contributed by atoms with Gasteiger partial charge in [0.05, 0.1) is 28.3 Å². The van der Waals surface area contributed by atoms with Crippen molar-refractivity contribution in [1.82, 2.24) is 19.1 Å². The van der Waals surface area contributed by atoms with E-state index in [2.05, 4.69) is 39.7 Å². The molecule has 5 heteroatoms. The molecule has 2 aromatic heterocycles. The summed E-state index contributed by atoms with van der Waals surface area (Å²) in [6, 6.07) is 16.3. The van der Waals surface area contributed by atoms with E-state index in [9.17, 15) is 0 Å². The predicted molar refractivity (Wildman–Crippen MR) is 103 cm³/mol. The number of hydrogen-bond donors (Lipinski definition) is 0. The lowest BCUT2D eigenvalue weighted by molar-refractivity contribution is 0.643. The van der Waals surface area contributed by atoms with Gasteiger partial charge in [0.25, 0.3) is 0 Å². The molecule has 2 aromatic carbocycles. The van der Waals surface area contributed by atoms with E-state index in [4.69, 9.17) is 4.98 Å². The molecule has 126 valence electrons. The third kappa shape index (κ3) is 2.82. The Labute approximate surface area is 146 Å². The number of nitrogens with zero attached hydrogens (tertiary/aromatic N) is 5. The molecule has 0 fully saturated rings. The molecule has 2 heterocycles. The maximum absolute atomic E-state index is 4.74. The third-order valence-corrected chi connectivity index (χ3v) is 4.48. The van der Waals surface area contributed by atoms with Crippen molar-refractivity contribution >= 4 is 34.2 Å². The molecule has 0 saturated heterocycles. The van der Waals surface area contributed by atoms with Gasteiger partial charge >= 0.3 is 0 Å². The summed E-state index contributed by atoms with van der Waals surface area (Å²) >= 11 is 0. The molecule has 0 saturated carbocycles. The summed E-state index contributed by atoms with van der Waals surface area (Å²) in [6.45, 7) is 3.15. The second-order valence-corrected chi connectivity index (χ2v) is 6.18. The highest BCUT2D eigenvalue weighted by atomic mass is 15.2. The van der Waals surface area contributed by atoms with Crippen LogP contribution in [0.15, 0.2) is 53.5 Å². The summed E-state index contributed by atoms with van der Waals surface area (Å²) < 4.78 is 4.25. The maximum Gasteiger partial charge on any atom is 0.230 e. The summed E-state index contributed by atoms with van der Waals surface area (Å²) in [5.74, 6) is 1.57. The van der Waals surface area contributed by atoms with Crippen molar-refractivity contribution in [3.05, 3.63) is 54.4 Å². The monoisotopic (exact) mass is 331 g/mol. The fourth-order valence-electron chi connectivity index (χ4n) is 3.11. The van der Waals surface area contributed by atoms with Gasteiger partial charge in [-0.05, 0) is 30.7 Å². The maximum atomic E-state index is 4.74. The zero-order valence-corrected chi connectivity index (χ0v) is 14.6. The fraction of sp³-hybridized carbons (Fsp3) is 0.250. The van der Waals surface area contributed by atoms with Crippen LogP contribution in [0.1, 0.15) is 25.6 Å². The molecule has 0 aliphatic rings. The van der Waals surface area contributed by atoms with Crippen LogP contribution in [0.3, 0.4) is 0 Å². The van der Waals surface area contributed by atoms with Crippen LogP contribution in [0, 0.1) is 0 Å². The van der Waals surface area contributed by atoms with Crippen LogP contribution in [0.4, 0.5) is 5.95 Å². The van der Waals surface area contributed by atoms with Crippen molar-refractivity contribution in [3.8, 4) is 0 Å². The van der Waals surface area contributed by atoms with Crippen LogP contribution in [-0.2, 0) is 13.6 Å². The van der Waals surface area contributed by atoms with Crippen molar-refractivity contribution in [3.63, 3.8) is 0 Å². The number of benzene rings is 2. The summed E-state index contributed by atoms with van der Waals surface area (Å²) in [5.41, 5.74) is 4.19. The summed E-state index contributed by atoms with van der Waals surface area (Å²) in [6.07, 6.45) is 4.10. The van der Waals surface area contributed by atoms with Gasteiger partial charge in [0.1, 0.15) is 0 Å². The summed E-state index contributed by atoms with van der Waals surface area (Å²) in [4.78, 5) is 14.0. The molecule has 0 radical (unpaired) electrons. The van der Waals surface area contributed by atoms with Gasteiger partial charge < -0.3 is 9.13 Å². The van der Waals surface area contributed by atoms with E-state index in [1.165, 1.54) is 0 Å². The van der Waals surface area contributed by atoms with E-state index in [0.29, 0.717) is 5.95 Å². The average Bonchev–Trinajstić information content (AvgIpc) is 3.16. The number of para-hydroxylation sites is 4. The quantitative estimate of drug-likeness (QED) is 0.506. The number of aromatic nitrogens is 4. The van der Waals surface area contributed by atoms with Crippen molar-refractivity contribution in [2.45, 2.75) is 26.3 Å². The van der Waals surface area contributed by atoms with Gasteiger partial charge in [-0.2, -0.15) is 0 Å². The Balaban J connectivity index is 1.76. The van der Waals surface area contributed by atoms with Gasteiger partial charge in [-0.1, -0.05) is 37.6 Å². The standard InChI is InChI=1S/C20H21N5/c1-3-4-13-25-18-12-8-6-10-16(18)22-19(25)14-21-20-23-15-9-5-7-11-17(15)24(20)2/h5-12,14H,3-4,13H2,1-2H3. The number of unbranched alkanes of at least 4 members (excludes halogenated alkanes) is 1. The number of rotatable bonds is 5. The highest BCUT2D eigenvalue weighted by molar-refractivity contribution is 5.86. The number of imidazole rings is 2. The van der Waals surface area contributed by atoms with Crippen LogP contribution >= 0.6 is 0 Å². The molecule has 0 amide bonds. The molecule has 5 nitrogen and oxygen atoms in total. The summed E-state index contributed by atoms with van der Waals surface area (Å²) in [5, 5.41) is 0. The van der Waals surface area contributed by atoms with Gasteiger partial charge in [0.15, 0.2) is 5.82 Å². The Hall–Kier alpha value is -2.95. The van der Waals surface area contributed by atoms with Crippen molar-refractivity contribution < 1.29 is 0 Å². The first-order valence-corrected chi connectivity index (χ1v) is 8.68. The van der Waals surface area contributed by atoms with Crippen LogP contribution in [0.25, 0.3) is 22.1 Å². The lowest BCUT2D eigenvalue weighted by atomic mass is 10.3. The van der Waals surface area contributed by atoms with Gasteiger partial charge in [-0.25, -0.2) is 15.0 Å². The third-order valence-electron chi connectivity index (χ3n) is 4.48. The SMILES string of the molecule is CCCCn1c(C=Nc2nc3ccccc3n2C)nc2ccccc21. The minimum Gasteiger partial charge on any atom is -0.323 e. The molecule has 0 aliphatic heterocycles. The van der Waals surface area contributed by atoms with Crippen LogP contribution in [-0.4, -0.2) is 25.3 Å². The minimum atomic E-state index is 0.690. The Morgan fingerprint density at radius 2 is 1.64 bits per heavy atom. The highest BCUT2D eigenvalue weighted by Gasteiger charge is 2.09. The normalized spacial score (nSPS) is 11.9. The van der Waals surface area contributed by atoms with E-state index in [1.54, 1.807) is 0 Å². The minimum absolute atomic E-state index is 0.690. The molecule has 0 aliphatic carbocycles. The number of hydrogen-bond acceptors (Lipinski definition) is 3. The number of aliphatic imine (C=N–C) groups is 1. The molecule has 0 bridgehead atoms.